The van der Waals surface area contributed by atoms with Crippen LogP contribution in [0.15, 0.2) is 34.8 Å². The van der Waals surface area contributed by atoms with Crippen molar-refractivity contribution < 1.29 is 14.4 Å². The largest absolute Gasteiger partial charge is 0.295 e. The molecule has 0 bridgehead atoms. The second-order valence-corrected chi connectivity index (χ2v) is 6.29. The van der Waals surface area contributed by atoms with Crippen LogP contribution in [-0.4, -0.2) is 23.8 Å². The molecule has 6 heteroatoms. The molecule has 2 aliphatic rings. The maximum atomic E-state index is 12.8. The zero-order chi connectivity index (χ0) is 15.4. The number of amides is 3. The first-order chi connectivity index (χ1) is 10.6. The van der Waals surface area contributed by atoms with E-state index in [1.807, 2.05) is 24.3 Å². The summed E-state index contributed by atoms with van der Waals surface area (Å²) in [7, 11) is 0. The molecule has 1 saturated heterocycles. The van der Waals surface area contributed by atoms with Gasteiger partial charge in [-0.3, -0.25) is 24.6 Å². The smallest absolute Gasteiger partial charge is 0.259 e. The minimum Gasteiger partial charge on any atom is -0.295 e. The predicted octanol–water partition coefficient (Wildman–Crippen LogP) is 2.37. The molecule has 2 aromatic carbocycles. The van der Waals surface area contributed by atoms with E-state index in [4.69, 9.17) is 0 Å². The normalized spacial score (nSPS) is 20.7. The highest BCUT2D eigenvalue weighted by Crippen LogP contribution is 2.42. The summed E-state index contributed by atoms with van der Waals surface area (Å²) in [6, 6.07) is 8.61. The number of rotatable bonds is 1. The summed E-state index contributed by atoms with van der Waals surface area (Å²) in [6.07, 6.45) is 0.595. The summed E-state index contributed by atoms with van der Waals surface area (Å²) in [4.78, 5) is 37.7. The maximum absolute atomic E-state index is 12.8. The van der Waals surface area contributed by atoms with Crippen molar-refractivity contribution in [3.63, 3.8) is 0 Å². The summed E-state index contributed by atoms with van der Waals surface area (Å²) in [5.41, 5.74) is 1.33. The number of anilines is 1. The van der Waals surface area contributed by atoms with Crippen LogP contribution < -0.4 is 10.2 Å². The van der Waals surface area contributed by atoms with E-state index in [-0.39, 0.29) is 18.2 Å². The fraction of sp³-hybridized carbons (Fsp3) is 0.188. The first kappa shape index (κ1) is 13.5. The van der Waals surface area contributed by atoms with Gasteiger partial charge in [0.25, 0.3) is 5.91 Å². The van der Waals surface area contributed by atoms with Gasteiger partial charge in [0.1, 0.15) is 6.04 Å². The van der Waals surface area contributed by atoms with Crippen LogP contribution in [-0.2, 0) is 9.59 Å². The second-order valence-electron chi connectivity index (χ2n) is 5.44. The molecule has 2 heterocycles. The summed E-state index contributed by atoms with van der Waals surface area (Å²) in [5.74, 6) is -0.881. The third-order valence-corrected chi connectivity index (χ3v) is 4.89. The number of benzene rings is 2. The number of hydrogen-bond donors (Lipinski definition) is 1. The third-order valence-electron chi connectivity index (χ3n) is 4.20. The molecule has 1 N–H and O–H groups in total. The van der Waals surface area contributed by atoms with Crippen LogP contribution in [0, 0.1) is 0 Å². The van der Waals surface area contributed by atoms with E-state index in [1.54, 1.807) is 6.07 Å². The second kappa shape index (κ2) is 4.64. The van der Waals surface area contributed by atoms with Crippen LogP contribution >= 0.6 is 15.9 Å². The predicted molar refractivity (Wildman–Crippen MR) is 84.6 cm³/mol. The van der Waals surface area contributed by atoms with E-state index in [0.717, 1.165) is 20.9 Å². The third kappa shape index (κ3) is 1.73. The van der Waals surface area contributed by atoms with Crippen molar-refractivity contribution >= 4 is 50.1 Å². The Bertz CT molecular complexity index is 862. The van der Waals surface area contributed by atoms with Gasteiger partial charge in [-0.05, 0) is 30.0 Å². The first-order valence-corrected chi connectivity index (χ1v) is 7.75. The Morgan fingerprint density at radius 3 is 2.73 bits per heavy atom. The molecule has 110 valence electrons. The highest BCUT2D eigenvalue weighted by atomic mass is 79.9. The molecular formula is C16H11BrN2O3. The molecule has 4 rings (SSSR count). The van der Waals surface area contributed by atoms with E-state index in [9.17, 15) is 14.4 Å². The van der Waals surface area contributed by atoms with Crippen LogP contribution in [0.4, 0.5) is 5.69 Å². The number of nitrogens with zero attached hydrogens (tertiary/aromatic N) is 1. The van der Waals surface area contributed by atoms with E-state index >= 15 is 0 Å². The number of carbonyl (C=O) groups is 3. The lowest BCUT2D eigenvalue weighted by Gasteiger charge is -2.30. The molecule has 0 saturated carbocycles. The Balaban J connectivity index is 1.89. The first-order valence-electron chi connectivity index (χ1n) is 6.96. The van der Waals surface area contributed by atoms with E-state index in [0.29, 0.717) is 12.0 Å². The number of piperidine rings is 1. The Kier molecular flexibility index (Phi) is 2.84. The Morgan fingerprint density at radius 2 is 1.95 bits per heavy atom. The molecule has 3 amide bonds. The summed E-state index contributed by atoms with van der Waals surface area (Å²) < 4.78 is 0.908. The molecular weight excluding hydrogens is 348 g/mol. The maximum Gasteiger partial charge on any atom is 0.259 e. The molecule has 0 spiro atoms. The monoisotopic (exact) mass is 358 g/mol. The van der Waals surface area contributed by atoms with Crippen molar-refractivity contribution in [1.29, 1.82) is 0 Å². The SMILES string of the molecule is O=C1CCC(N2C(=O)c3cccc4c(Br)ccc2c34)C(=O)N1. The molecule has 0 aromatic heterocycles. The Labute approximate surface area is 134 Å². The van der Waals surface area contributed by atoms with Gasteiger partial charge in [0, 0.05) is 21.8 Å². The summed E-state index contributed by atoms with van der Waals surface area (Å²) >= 11 is 3.49. The minimum absolute atomic E-state index is 0.187. The van der Waals surface area contributed by atoms with Crippen molar-refractivity contribution in [3.8, 4) is 0 Å². The van der Waals surface area contributed by atoms with Gasteiger partial charge >= 0.3 is 0 Å². The zero-order valence-electron chi connectivity index (χ0n) is 11.4. The van der Waals surface area contributed by atoms with Crippen LogP contribution in [0.5, 0.6) is 0 Å². The molecule has 1 unspecified atom stereocenters. The number of carbonyl (C=O) groups excluding carboxylic acids is 3. The number of hydrogen-bond acceptors (Lipinski definition) is 3. The van der Waals surface area contributed by atoms with Crippen molar-refractivity contribution in [2.24, 2.45) is 0 Å². The van der Waals surface area contributed by atoms with Crippen LogP contribution in [0.1, 0.15) is 23.2 Å². The molecule has 2 aliphatic heterocycles. The summed E-state index contributed by atoms with van der Waals surface area (Å²) in [5, 5.41) is 4.11. The van der Waals surface area contributed by atoms with Crippen molar-refractivity contribution in [1.82, 2.24) is 5.32 Å². The molecule has 22 heavy (non-hydrogen) atoms. The lowest BCUT2D eigenvalue weighted by atomic mass is 10.0. The van der Waals surface area contributed by atoms with Crippen LogP contribution in [0.2, 0.25) is 0 Å². The minimum atomic E-state index is -0.637. The fourth-order valence-corrected chi connectivity index (χ4v) is 3.67. The topological polar surface area (TPSA) is 66.5 Å². The molecule has 1 atom stereocenters. The highest BCUT2D eigenvalue weighted by molar-refractivity contribution is 9.10. The molecule has 5 nitrogen and oxygen atoms in total. The van der Waals surface area contributed by atoms with Gasteiger partial charge in [0.05, 0.1) is 5.69 Å². The van der Waals surface area contributed by atoms with E-state index in [1.165, 1.54) is 4.90 Å². The van der Waals surface area contributed by atoms with Gasteiger partial charge < -0.3 is 0 Å². The highest BCUT2D eigenvalue weighted by Gasteiger charge is 2.40. The number of nitrogens with one attached hydrogen (secondary N) is 1. The Hall–Kier alpha value is -2.21. The van der Waals surface area contributed by atoms with Crippen molar-refractivity contribution in [3.05, 3.63) is 40.4 Å². The van der Waals surface area contributed by atoms with Crippen molar-refractivity contribution in [2.45, 2.75) is 18.9 Å². The molecule has 1 fully saturated rings. The van der Waals surface area contributed by atoms with Crippen molar-refractivity contribution in [2.75, 3.05) is 4.90 Å². The zero-order valence-corrected chi connectivity index (χ0v) is 13.0. The summed E-state index contributed by atoms with van der Waals surface area (Å²) in [6.45, 7) is 0. The van der Waals surface area contributed by atoms with E-state index < -0.39 is 11.9 Å². The number of imide groups is 1. The lowest BCUT2D eigenvalue weighted by Crippen LogP contribution is -2.53. The quantitative estimate of drug-likeness (QED) is 0.795. The van der Waals surface area contributed by atoms with Crippen LogP contribution in [0.3, 0.4) is 0 Å². The standard InChI is InChI=1S/C16H11BrN2O3/c17-10-4-5-11-14-8(10)2-1-3-9(14)16(22)19(11)12-6-7-13(20)18-15(12)21/h1-5,12H,6-7H2,(H,18,20,21). The van der Waals surface area contributed by atoms with Gasteiger partial charge in [0.15, 0.2) is 0 Å². The van der Waals surface area contributed by atoms with Gasteiger partial charge in [0.2, 0.25) is 11.8 Å². The molecule has 2 aromatic rings. The van der Waals surface area contributed by atoms with Gasteiger partial charge in [-0.1, -0.05) is 28.1 Å². The van der Waals surface area contributed by atoms with Crippen LogP contribution in [0.25, 0.3) is 10.8 Å². The fourth-order valence-electron chi connectivity index (χ4n) is 3.21. The van der Waals surface area contributed by atoms with Gasteiger partial charge in [-0.15, -0.1) is 0 Å². The lowest BCUT2D eigenvalue weighted by molar-refractivity contribution is -0.134. The van der Waals surface area contributed by atoms with Gasteiger partial charge in [-0.2, -0.15) is 0 Å². The van der Waals surface area contributed by atoms with E-state index in [2.05, 4.69) is 21.2 Å². The van der Waals surface area contributed by atoms with Gasteiger partial charge in [-0.25, -0.2) is 0 Å². The average Bonchev–Trinajstić information content (AvgIpc) is 2.78. The Morgan fingerprint density at radius 1 is 1.14 bits per heavy atom. The molecule has 0 radical (unpaired) electrons. The number of halogens is 1. The average molecular weight is 359 g/mol. The molecule has 0 aliphatic carbocycles.